The Labute approximate surface area is 69.2 Å². The maximum Gasteiger partial charge on any atom is 0.0540 e. The lowest BCUT2D eigenvalue weighted by atomic mass is 9.98. The van der Waals surface area contributed by atoms with Gasteiger partial charge < -0.3 is 10.2 Å². The van der Waals surface area contributed by atoms with Crippen molar-refractivity contribution in [3.63, 3.8) is 0 Å². The van der Waals surface area contributed by atoms with Crippen LogP contribution in [0.15, 0.2) is 0 Å². The third-order valence-electron chi connectivity index (χ3n) is 1.80. The van der Waals surface area contributed by atoms with E-state index in [4.69, 9.17) is 10.2 Å². The minimum Gasteiger partial charge on any atom is -0.396 e. The van der Waals surface area contributed by atoms with Crippen molar-refractivity contribution >= 4 is 0 Å². The van der Waals surface area contributed by atoms with Gasteiger partial charge in [-0.15, -0.1) is 0 Å². The zero-order valence-electron chi connectivity index (χ0n) is 7.42. The molecule has 0 aromatic heterocycles. The largest absolute Gasteiger partial charge is 0.396 e. The van der Waals surface area contributed by atoms with Crippen molar-refractivity contribution in [2.75, 3.05) is 6.61 Å². The van der Waals surface area contributed by atoms with Crippen LogP contribution >= 0.6 is 0 Å². The molecular weight excluding hydrogens is 140 g/mol. The van der Waals surface area contributed by atoms with Gasteiger partial charge in [0.1, 0.15) is 0 Å². The van der Waals surface area contributed by atoms with E-state index in [1.807, 2.05) is 6.92 Å². The quantitative estimate of drug-likeness (QED) is 0.613. The highest BCUT2D eigenvalue weighted by molar-refractivity contribution is 4.61. The summed E-state index contributed by atoms with van der Waals surface area (Å²) in [6.07, 6.45) is 6.80. The summed E-state index contributed by atoms with van der Waals surface area (Å²) in [6.45, 7) is 2.25. The second-order valence-electron chi connectivity index (χ2n) is 3.02. The molecule has 68 valence electrons. The molecule has 11 heavy (non-hydrogen) atoms. The average molecular weight is 160 g/mol. The van der Waals surface area contributed by atoms with Gasteiger partial charge in [-0.3, -0.25) is 0 Å². The summed E-state index contributed by atoms with van der Waals surface area (Å²) in [4.78, 5) is 0. The van der Waals surface area contributed by atoms with E-state index in [2.05, 4.69) is 0 Å². The summed E-state index contributed by atoms with van der Waals surface area (Å²) >= 11 is 0. The van der Waals surface area contributed by atoms with Gasteiger partial charge in [-0.1, -0.05) is 26.2 Å². The van der Waals surface area contributed by atoms with Crippen LogP contribution in [0.25, 0.3) is 0 Å². The predicted octanol–water partition coefficient (Wildman–Crippen LogP) is 1.70. The first-order valence-corrected chi connectivity index (χ1v) is 4.60. The Balaban J connectivity index is 0.000000218. The molecule has 0 heterocycles. The highest BCUT2D eigenvalue weighted by Gasteiger charge is 2.07. The Kier molecular flexibility index (Phi) is 7.96. The number of hydrogen-bond donors (Lipinski definition) is 2. The summed E-state index contributed by atoms with van der Waals surface area (Å²) in [7, 11) is 0. The molecule has 0 aromatic carbocycles. The molecular formula is C9H20O2. The molecule has 1 aliphatic carbocycles. The number of rotatable bonds is 1. The monoisotopic (exact) mass is 160 g/mol. The van der Waals surface area contributed by atoms with E-state index in [9.17, 15) is 0 Å². The fraction of sp³-hybridized carbons (Fsp3) is 1.00. The number of hydrogen-bond acceptors (Lipinski definition) is 2. The molecule has 0 aliphatic heterocycles. The standard InChI is InChI=1S/C6H12O.C3H8O/c7-6-4-2-1-3-5-6;1-2-3-4/h6-7H,1-5H2;4H,2-3H2,1H3. The fourth-order valence-corrected chi connectivity index (χ4v) is 1.08. The first-order chi connectivity index (χ1) is 5.31. The summed E-state index contributed by atoms with van der Waals surface area (Å²) < 4.78 is 0. The smallest absolute Gasteiger partial charge is 0.0540 e. The molecule has 0 saturated heterocycles. The Morgan fingerprint density at radius 2 is 1.64 bits per heavy atom. The molecule has 0 spiro atoms. The Bertz CT molecular complexity index is 66.0. The molecule has 1 rings (SSSR count). The minimum atomic E-state index is 0.0359. The van der Waals surface area contributed by atoms with Crippen molar-refractivity contribution in [1.29, 1.82) is 0 Å². The van der Waals surface area contributed by atoms with E-state index >= 15 is 0 Å². The zero-order valence-corrected chi connectivity index (χ0v) is 7.42. The highest BCUT2D eigenvalue weighted by atomic mass is 16.3. The zero-order chi connectivity index (χ0) is 8.53. The van der Waals surface area contributed by atoms with Crippen molar-refractivity contribution in [3.8, 4) is 0 Å². The molecule has 0 radical (unpaired) electrons. The van der Waals surface area contributed by atoms with Gasteiger partial charge in [0, 0.05) is 6.61 Å². The van der Waals surface area contributed by atoms with Crippen LogP contribution in [0.2, 0.25) is 0 Å². The van der Waals surface area contributed by atoms with Gasteiger partial charge in [0.25, 0.3) is 0 Å². The van der Waals surface area contributed by atoms with Crippen LogP contribution in [0.4, 0.5) is 0 Å². The molecule has 0 atom stereocenters. The first kappa shape index (κ1) is 10.9. The maximum atomic E-state index is 8.91. The van der Waals surface area contributed by atoms with Crippen molar-refractivity contribution in [2.24, 2.45) is 0 Å². The summed E-state index contributed by atoms with van der Waals surface area (Å²) in [5.74, 6) is 0. The van der Waals surface area contributed by atoms with E-state index in [1.165, 1.54) is 19.3 Å². The molecule has 2 nitrogen and oxygen atoms in total. The van der Waals surface area contributed by atoms with Crippen LogP contribution in [0.1, 0.15) is 45.4 Å². The second kappa shape index (κ2) is 8.02. The van der Waals surface area contributed by atoms with Gasteiger partial charge in [-0.25, -0.2) is 0 Å². The molecule has 1 fully saturated rings. The number of aliphatic hydroxyl groups is 2. The summed E-state index contributed by atoms with van der Waals surface area (Å²) in [5, 5.41) is 16.8. The third kappa shape index (κ3) is 7.82. The molecule has 1 aliphatic rings. The van der Waals surface area contributed by atoms with Crippen LogP contribution in [-0.2, 0) is 0 Å². The van der Waals surface area contributed by atoms with Gasteiger partial charge in [-0.05, 0) is 19.3 Å². The lowest BCUT2D eigenvalue weighted by Gasteiger charge is -2.14. The van der Waals surface area contributed by atoms with Gasteiger partial charge >= 0.3 is 0 Å². The van der Waals surface area contributed by atoms with Crippen molar-refractivity contribution < 1.29 is 10.2 Å². The Hall–Kier alpha value is -0.0800. The summed E-state index contributed by atoms with van der Waals surface area (Å²) in [5.41, 5.74) is 0. The van der Waals surface area contributed by atoms with Gasteiger partial charge in [0.2, 0.25) is 0 Å². The van der Waals surface area contributed by atoms with Gasteiger partial charge in [-0.2, -0.15) is 0 Å². The Morgan fingerprint density at radius 1 is 1.18 bits per heavy atom. The van der Waals surface area contributed by atoms with Gasteiger partial charge in [0.05, 0.1) is 6.10 Å². The van der Waals surface area contributed by atoms with Crippen molar-refractivity contribution in [1.82, 2.24) is 0 Å². The fourth-order valence-electron chi connectivity index (χ4n) is 1.08. The lowest BCUT2D eigenvalue weighted by molar-refractivity contribution is 0.130. The molecule has 2 N–H and O–H groups in total. The molecule has 0 unspecified atom stereocenters. The van der Waals surface area contributed by atoms with Gasteiger partial charge in [0.15, 0.2) is 0 Å². The van der Waals surface area contributed by atoms with Crippen LogP contribution in [0.5, 0.6) is 0 Å². The predicted molar refractivity (Wildman–Crippen MR) is 46.5 cm³/mol. The molecule has 0 bridgehead atoms. The third-order valence-corrected chi connectivity index (χ3v) is 1.80. The molecule has 0 aromatic rings. The topological polar surface area (TPSA) is 40.5 Å². The number of aliphatic hydroxyl groups excluding tert-OH is 2. The van der Waals surface area contributed by atoms with Crippen molar-refractivity contribution in [3.05, 3.63) is 0 Å². The normalized spacial score (nSPS) is 18.8. The van der Waals surface area contributed by atoms with Crippen LogP contribution in [0.3, 0.4) is 0 Å². The molecule has 1 saturated carbocycles. The van der Waals surface area contributed by atoms with E-state index in [1.54, 1.807) is 0 Å². The van der Waals surface area contributed by atoms with E-state index in [0.717, 1.165) is 19.3 Å². The maximum absolute atomic E-state index is 8.91. The van der Waals surface area contributed by atoms with Crippen molar-refractivity contribution in [2.45, 2.75) is 51.6 Å². The van der Waals surface area contributed by atoms with Crippen LogP contribution in [-0.4, -0.2) is 22.9 Å². The first-order valence-electron chi connectivity index (χ1n) is 4.60. The summed E-state index contributed by atoms with van der Waals surface area (Å²) in [6, 6.07) is 0. The minimum absolute atomic E-state index is 0.0359. The Morgan fingerprint density at radius 3 is 1.82 bits per heavy atom. The van der Waals surface area contributed by atoms with Crippen LogP contribution < -0.4 is 0 Å². The molecule has 2 heteroatoms. The van der Waals surface area contributed by atoms with Crippen LogP contribution in [0, 0.1) is 0 Å². The van der Waals surface area contributed by atoms with E-state index < -0.39 is 0 Å². The average Bonchev–Trinajstić information content (AvgIpc) is 2.07. The SMILES string of the molecule is CCCO.OC1CCCCC1. The van der Waals surface area contributed by atoms with E-state index in [-0.39, 0.29) is 6.10 Å². The lowest BCUT2D eigenvalue weighted by Crippen LogP contribution is -2.09. The highest BCUT2D eigenvalue weighted by Crippen LogP contribution is 2.16. The second-order valence-corrected chi connectivity index (χ2v) is 3.02. The van der Waals surface area contributed by atoms with E-state index in [0.29, 0.717) is 6.61 Å². The molecule has 0 amide bonds.